The standard InChI is InChI=1S/C27H24N2O4/c1-28-15-19(18-11-5-6-12-20(18)28)24-23(26(31)27(32)29(24)17-9-3-4-10-17)25(30)22-14-16-8-2-7-13-21(16)33-22/h2,5-8,11-15,17,24,31H,3-4,9-10H2,1H3. The highest BCUT2D eigenvalue weighted by molar-refractivity contribution is 6.16. The zero-order valence-corrected chi connectivity index (χ0v) is 18.3. The molecule has 6 rings (SSSR count). The quantitative estimate of drug-likeness (QED) is 0.429. The lowest BCUT2D eigenvalue weighted by molar-refractivity contribution is -0.131. The summed E-state index contributed by atoms with van der Waals surface area (Å²) in [5.41, 5.74) is 2.55. The average Bonchev–Trinajstić information content (AvgIpc) is 3.60. The molecule has 1 saturated carbocycles. The summed E-state index contributed by atoms with van der Waals surface area (Å²) in [7, 11) is 1.95. The van der Waals surface area contributed by atoms with Gasteiger partial charge in [0.1, 0.15) is 5.58 Å². The fourth-order valence-electron chi connectivity index (χ4n) is 5.54. The number of aryl methyl sites for hydroxylation is 1. The third-order valence-corrected chi connectivity index (χ3v) is 7.08. The summed E-state index contributed by atoms with van der Waals surface area (Å²) in [5.74, 6) is -1.26. The second kappa shape index (κ2) is 7.37. The number of carbonyl (C=O) groups excluding carboxylic acids is 2. The Bertz CT molecular complexity index is 1420. The Morgan fingerprint density at radius 1 is 1.06 bits per heavy atom. The van der Waals surface area contributed by atoms with E-state index >= 15 is 0 Å². The van der Waals surface area contributed by atoms with Gasteiger partial charge in [-0.3, -0.25) is 9.59 Å². The van der Waals surface area contributed by atoms with Crippen LogP contribution in [0.1, 0.15) is 47.8 Å². The number of hydrogen-bond acceptors (Lipinski definition) is 4. The predicted octanol–water partition coefficient (Wildman–Crippen LogP) is 5.45. The van der Waals surface area contributed by atoms with Crippen molar-refractivity contribution in [2.24, 2.45) is 7.05 Å². The first kappa shape index (κ1) is 19.9. The van der Waals surface area contributed by atoms with Crippen LogP contribution in [0.5, 0.6) is 0 Å². The molecule has 2 aromatic carbocycles. The maximum atomic E-state index is 13.8. The van der Waals surface area contributed by atoms with E-state index in [1.807, 2.05) is 60.3 Å². The number of ketones is 1. The summed E-state index contributed by atoms with van der Waals surface area (Å²) in [6, 6.07) is 16.3. The maximum Gasteiger partial charge on any atom is 0.290 e. The summed E-state index contributed by atoms with van der Waals surface area (Å²) in [4.78, 5) is 28.9. The molecule has 0 radical (unpaired) electrons. The van der Waals surface area contributed by atoms with Crippen LogP contribution in [0, 0.1) is 0 Å². The van der Waals surface area contributed by atoms with Crippen molar-refractivity contribution in [2.75, 3.05) is 0 Å². The number of aliphatic hydroxyl groups is 1. The normalized spacial score (nSPS) is 19.5. The van der Waals surface area contributed by atoms with Gasteiger partial charge in [-0.15, -0.1) is 0 Å². The highest BCUT2D eigenvalue weighted by Gasteiger charge is 2.48. The van der Waals surface area contributed by atoms with Gasteiger partial charge in [-0.1, -0.05) is 49.2 Å². The van der Waals surface area contributed by atoms with Gasteiger partial charge in [0.15, 0.2) is 11.5 Å². The van der Waals surface area contributed by atoms with Gasteiger partial charge < -0.3 is 19.0 Å². The van der Waals surface area contributed by atoms with Crippen molar-refractivity contribution in [1.29, 1.82) is 0 Å². The Balaban J connectivity index is 1.54. The number of carbonyl (C=O) groups is 2. The first-order valence-electron chi connectivity index (χ1n) is 11.4. The van der Waals surface area contributed by atoms with E-state index in [0.29, 0.717) is 5.58 Å². The van der Waals surface area contributed by atoms with E-state index in [9.17, 15) is 14.7 Å². The van der Waals surface area contributed by atoms with Crippen LogP contribution in [0.2, 0.25) is 0 Å². The number of nitrogens with zero attached hydrogens (tertiary/aromatic N) is 2. The molecule has 166 valence electrons. The lowest BCUT2D eigenvalue weighted by Crippen LogP contribution is -2.38. The number of fused-ring (bicyclic) bond motifs is 2. The Kier molecular flexibility index (Phi) is 4.43. The van der Waals surface area contributed by atoms with Gasteiger partial charge in [-0.05, 0) is 31.0 Å². The molecule has 1 N–H and O–H groups in total. The number of furan rings is 1. The van der Waals surface area contributed by atoms with E-state index in [1.54, 1.807) is 17.0 Å². The lowest BCUT2D eigenvalue weighted by Gasteiger charge is -2.31. The van der Waals surface area contributed by atoms with Crippen LogP contribution in [0.25, 0.3) is 21.9 Å². The Morgan fingerprint density at radius 2 is 1.79 bits per heavy atom. The number of hydrogen-bond donors (Lipinski definition) is 1. The van der Waals surface area contributed by atoms with Crippen LogP contribution < -0.4 is 0 Å². The molecule has 6 heteroatoms. The fraction of sp³-hybridized carbons (Fsp3) is 0.259. The molecule has 6 nitrogen and oxygen atoms in total. The summed E-state index contributed by atoms with van der Waals surface area (Å²) in [6.45, 7) is 0. The molecular formula is C27H24N2O4. The topological polar surface area (TPSA) is 75.7 Å². The van der Waals surface area contributed by atoms with E-state index in [1.165, 1.54) is 0 Å². The van der Waals surface area contributed by atoms with Gasteiger partial charge in [-0.2, -0.15) is 0 Å². The molecule has 0 bridgehead atoms. The van der Waals surface area contributed by atoms with Gasteiger partial charge in [0.25, 0.3) is 5.91 Å². The number of benzene rings is 2. The van der Waals surface area contributed by atoms with Gasteiger partial charge >= 0.3 is 0 Å². The highest BCUT2D eigenvalue weighted by Crippen LogP contribution is 2.45. The molecular weight excluding hydrogens is 416 g/mol. The molecule has 4 aromatic rings. The Labute approximate surface area is 190 Å². The van der Waals surface area contributed by atoms with E-state index in [2.05, 4.69) is 0 Å². The van der Waals surface area contributed by atoms with Crippen LogP contribution in [0.15, 0.2) is 76.5 Å². The molecule has 1 unspecified atom stereocenters. The van der Waals surface area contributed by atoms with E-state index < -0.39 is 23.5 Å². The number of amides is 1. The number of aromatic nitrogens is 1. The Morgan fingerprint density at radius 3 is 2.58 bits per heavy atom. The van der Waals surface area contributed by atoms with Gasteiger partial charge in [0, 0.05) is 41.1 Å². The molecule has 3 heterocycles. The lowest BCUT2D eigenvalue weighted by atomic mass is 9.93. The third-order valence-electron chi connectivity index (χ3n) is 7.08. The van der Waals surface area contributed by atoms with Crippen molar-refractivity contribution in [3.8, 4) is 0 Å². The van der Waals surface area contributed by atoms with Gasteiger partial charge in [-0.25, -0.2) is 0 Å². The minimum absolute atomic E-state index is 0.00964. The molecule has 1 aliphatic heterocycles. The first-order chi connectivity index (χ1) is 16.0. The summed E-state index contributed by atoms with van der Waals surface area (Å²) in [6.07, 6.45) is 5.77. The van der Waals surface area contributed by atoms with Crippen LogP contribution in [-0.4, -0.2) is 32.3 Å². The Hall–Kier alpha value is -3.80. The fourth-order valence-corrected chi connectivity index (χ4v) is 5.54. The highest BCUT2D eigenvalue weighted by atomic mass is 16.3. The van der Waals surface area contributed by atoms with Crippen molar-refractivity contribution >= 4 is 33.6 Å². The molecule has 1 amide bonds. The van der Waals surface area contributed by atoms with E-state index in [0.717, 1.165) is 47.5 Å². The molecule has 1 atom stereocenters. The second-order valence-electron chi connectivity index (χ2n) is 9.01. The minimum Gasteiger partial charge on any atom is -0.503 e. The zero-order chi connectivity index (χ0) is 22.7. The van der Waals surface area contributed by atoms with Gasteiger partial charge in [0.05, 0.1) is 11.6 Å². The molecule has 2 aromatic heterocycles. The minimum atomic E-state index is -0.660. The summed E-state index contributed by atoms with van der Waals surface area (Å²) < 4.78 is 7.83. The smallest absolute Gasteiger partial charge is 0.290 e. The predicted molar refractivity (Wildman–Crippen MR) is 125 cm³/mol. The average molecular weight is 440 g/mol. The number of para-hydroxylation sites is 2. The molecule has 0 saturated heterocycles. The summed E-state index contributed by atoms with van der Waals surface area (Å²) >= 11 is 0. The van der Waals surface area contributed by atoms with Crippen LogP contribution in [0.3, 0.4) is 0 Å². The third kappa shape index (κ3) is 2.94. The molecule has 1 fully saturated rings. The molecule has 2 aliphatic rings. The van der Waals surface area contributed by atoms with Crippen molar-refractivity contribution in [2.45, 2.75) is 37.8 Å². The van der Waals surface area contributed by atoms with Crippen LogP contribution in [0.4, 0.5) is 0 Å². The van der Waals surface area contributed by atoms with Crippen LogP contribution in [-0.2, 0) is 11.8 Å². The number of Topliss-reactive ketones (excluding diaryl/α,β-unsaturated/α-hetero) is 1. The zero-order valence-electron chi connectivity index (χ0n) is 18.3. The van der Waals surface area contributed by atoms with E-state index in [-0.39, 0.29) is 17.4 Å². The van der Waals surface area contributed by atoms with Gasteiger partial charge in [0.2, 0.25) is 5.78 Å². The maximum absolute atomic E-state index is 13.8. The molecule has 1 aliphatic carbocycles. The summed E-state index contributed by atoms with van der Waals surface area (Å²) in [5, 5.41) is 12.8. The van der Waals surface area contributed by atoms with Crippen LogP contribution >= 0.6 is 0 Å². The van der Waals surface area contributed by atoms with Crippen molar-refractivity contribution < 1.29 is 19.1 Å². The first-order valence-corrected chi connectivity index (χ1v) is 11.4. The van der Waals surface area contributed by atoms with E-state index in [4.69, 9.17) is 4.42 Å². The SMILES string of the molecule is Cn1cc(C2C(C(=O)c3cc4ccccc4o3)=C(O)C(=O)N2C2CCCC2)c2ccccc21. The largest absolute Gasteiger partial charge is 0.503 e. The van der Waals surface area contributed by atoms with Crippen molar-refractivity contribution in [3.05, 3.63) is 83.5 Å². The number of aliphatic hydroxyl groups excluding tert-OH is 1. The number of rotatable bonds is 4. The van der Waals surface area contributed by atoms with Crippen molar-refractivity contribution in [3.63, 3.8) is 0 Å². The molecule has 33 heavy (non-hydrogen) atoms. The monoisotopic (exact) mass is 440 g/mol. The molecule has 0 spiro atoms. The second-order valence-corrected chi connectivity index (χ2v) is 9.01. The van der Waals surface area contributed by atoms with Crippen molar-refractivity contribution in [1.82, 2.24) is 9.47 Å².